The minimum atomic E-state index is -4.31. The molecule has 24 heavy (non-hydrogen) atoms. The molecular formula is C18H24F3NOS. The molecule has 0 bridgehead atoms. The normalized spacial score (nSPS) is 21.5. The largest absolute Gasteiger partial charge is 0.487 e. The second-order valence-electron chi connectivity index (χ2n) is 7.64. The summed E-state index contributed by atoms with van der Waals surface area (Å²) >= 11 is 2.04. The number of nitrogens with zero attached hydrogens (tertiary/aromatic N) is 1. The van der Waals surface area contributed by atoms with E-state index in [-0.39, 0.29) is 0 Å². The lowest BCUT2D eigenvalue weighted by atomic mass is 9.74. The van der Waals surface area contributed by atoms with Crippen LogP contribution in [-0.2, 0) is 6.18 Å². The van der Waals surface area contributed by atoms with E-state index in [4.69, 9.17) is 4.74 Å². The average molecular weight is 359 g/mol. The summed E-state index contributed by atoms with van der Waals surface area (Å²) in [6.07, 6.45) is -1.71. The van der Waals surface area contributed by atoms with Crippen molar-refractivity contribution in [3.05, 3.63) is 29.8 Å². The summed E-state index contributed by atoms with van der Waals surface area (Å²) in [6.45, 7) is 7.02. The summed E-state index contributed by atoms with van der Waals surface area (Å²) < 4.78 is 43.8. The molecule has 0 atom stereocenters. The smallest absolute Gasteiger partial charge is 0.416 e. The predicted molar refractivity (Wildman–Crippen MR) is 91.6 cm³/mol. The van der Waals surface area contributed by atoms with Gasteiger partial charge in [-0.3, -0.25) is 4.90 Å². The Hall–Kier alpha value is -0.880. The maximum Gasteiger partial charge on any atom is 0.416 e. The van der Waals surface area contributed by atoms with E-state index in [2.05, 4.69) is 4.90 Å². The van der Waals surface area contributed by atoms with Crippen LogP contribution in [0.3, 0.4) is 0 Å². The fourth-order valence-corrected chi connectivity index (χ4v) is 5.10. The molecule has 1 aromatic rings. The fraction of sp³-hybridized carbons (Fsp3) is 0.667. The van der Waals surface area contributed by atoms with Crippen LogP contribution in [0.2, 0.25) is 0 Å². The minimum Gasteiger partial charge on any atom is -0.487 e. The first-order valence-electron chi connectivity index (χ1n) is 8.34. The summed E-state index contributed by atoms with van der Waals surface area (Å²) in [6, 6.07) is 4.95. The Kier molecular flexibility index (Phi) is 4.82. The predicted octanol–water partition coefficient (Wildman–Crippen LogP) is 4.69. The molecule has 134 valence electrons. The summed E-state index contributed by atoms with van der Waals surface area (Å²) in [7, 11) is 0. The molecule has 0 unspecified atom stereocenters. The molecule has 0 radical (unpaired) electrons. The highest BCUT2D eigenvalue weighted by Crippen LogP contribution is 2.43. The Morgan fingerprint density at radius 2 is 1.67 bits per heavy atom. The van der Waals surface area contributed by atoms with E-state index < -0.39 is 17.3 Å². The number of hydrogen-bond donors (Lipinski definition) is 0. The fourth-order valence-electron chi connectivity index (χ4n) is 3.74. The third-order valence-electron chi connectivity index (χ3n) is 4.85. The minimum absolute atomic E-state index is 0.426. The van der Waals surface area contributed by atoms with E-state index in [1.54, 1.807) is 0 Å². The lowest BCUT2D eigenvalue weighted by Crippen LogP contribution is -2.61. The summed E-state index contributed by atoms with van der Waals surface area (Å²) in [4.78, 5) is 2.40. The molecule has 2 aliphatic rings. The van der Waals surface area contributed by atoms with Gasteiger partial charge in [0, 0.05) is 19.6 Å². The first kappa shape index (κ1) is 17.9. The standard InChI is InChI=1S/C18H24F3NOS/c1-16(2,11-22-12-17(13-22)7-9-24-10-8-17)23-15-5-3-14(4-6-15)18(19,20)21/h3-6H,7-13H2,1-2H3. The van der Waals surface area contributed by atoms with E-state index in [1.807, 2.05) is 25.6 Å². The number of rotatable bonds is 4. The first-order valence-corrected chi connectivity index (χ1v) is 9.50. The van der Waals surface area contributed by atoms with Crippen molar-refractivity contribution in [2.75, 3.05) is 31.1 Å². The monoisotopic (exact) mass is 359 g/mol. The molecule has 2 fully saturated rings. The van der Waals surface area contributed by atoms with Gasteiger partial charge in [0.05, 0.1) is 5.56 Å². The molecule has 0 saturated carbocycles. The molecule has 2 nitrogen and oxygen atoms in total. The van der Waals surface area contributed by atoms with Gasteiger partial charge in [-0.1, -0.05) is 0 Å². The third kappa shape index (κ3) is 4.20. The van der Waals surface area contributed by atoms with Crippen LogP contribution in [0.15, 0.2) is 24.3 Å². The van der Waals surface area contributed by atoms with E-state index in [0.717, 1.165) is 31.8 Å². The molecule has 0 aromatic heterocycles. The van der Waals surface area contributed by atoms with E-state index >= 15 is 0 Å². The number of ether oxygens (including phenoxy) is 1. The van der Waals surface area contributed by atoms with Crippen LogP contribution in [0, 0.1) is 5.41 Å². The summed E-state index contributed by atoms with van der Waals surface area (Å²) in [5.74, 6) is 3.01. The van der Waals surface area contributed by atoms with Gasteiger partial charge in [-0.2, -0.15) is 24.9 Å². The third-order valence-corrected chi connectivity index (χ3v) is 5.84. The summed E-state index contributed by atoms with van der Waals surface area (Å²) in [5.41, 5.74) is -0.562. The average Bonchev–Trinajstić information content (AvgIpc) is 2.45. The quantitative estimate of drug-likeness (QED) is 0.774. The lowest BCUT2D eigenvalue weighted by Gasteiger charge is -2.54. The number of halogens is 3. The highest BCUT2D eigenvalue weighted by atomic mass is 32.2. The zero-order chi connectivity index (χ0) is 17.4. The van der Waals surface area contributed by atoms with Gasteiger partial charge in [0.25, 0.3) is 0 Å². The Morgan fingerprint density at radius 3 is 2.21 bits per heavy atom. The van der Waals surface area contributed by atoms with E-state index in [9.17, 15) is 13.2 Å². The van der Waals surface area contributed by atoms with Gasteiger partial charge < -0.3 is 4.74 Å². The number of hydrogen-bond acceptors (Lipinski definition) is 3. The Labute approximate surface area is 145 Å². The van der Waals surface area contributed by atoms with Crippen molar-refractivity contribution < 1.29 is 17.9 Å². The van der Waals surface area contributed by atoms with Gasteiger partial charge in [0.1, 0.15) is 11.4 Å². The molecule has 2 saturated heterocycles. The molecule has 1 spiro atoms. The Bertz CT molecular complexity index is 557. The van der Waals surface area contributed by atoms with Gasteiger partial charge in [0.2, 0.25) is 0 Å². The maximum atomic E-state index is 12.6. The number of likely N-dealkylation sites (tertiary alicyclic amines) is 1. The van der Waals surface area contributed by atoms with E-state index in [0.29, 0.717) is 11.2 Å². The van der Waals surface area contributed by atoms with Gasteiger partial charge in [-0.05, 0) is 67.9 Å². The summed E-state index contributed by atoms with van der Waals surface area (Å²) in [5, 5.41) is 0. The molecule has 6 heteroatoms. The van der Waals surface area contributed by atoms with Crippen LogP contribution in [0.5, 0.6) is 5.75 Å². The number of alkyl halides is 3. The first-order chi connectivity index (χ1) is 11.2. The van der Waals surface area contributed by atoms with Gasteiger partial charge in [-0.25, -0.2) is 0 Å². The highest BCUT2D eigenvalue weighted by molar-refractivity contribution is 7.99. The second-order valence-corrected chi connectivity index (χ2v) is 8.87. The van der Waals surface area contributed by atoms with Crippen LogP contribution >= 0.6 is 11.8 Å². The van der Waals surface area contributed by atoms with Crippen LogP contribution in [0.25, 0.3) is 0 Å². The highest BCUT2D eigenvalue weighted by Gasteiger charge is 2.45. The molecule has 2 heterocycles. The molecule has 3 rings (SSSR count). The van der Waals surface area contributed by atoms with Crippen molar-refractivity contribution in [3.8, 4) is 5.75 Å². The molecule has 0 amide bonds. The topological polar surface area (TPSA) is 12.5 Å². The van der Waals surface area contributed by atoms with Crippen LogP contribution in [0.4, 0.5) is 13.2 Å². The molecule has 0 N–H and O–H groups in total. The van der Waals surface area contributed by atoms with Crippen molar-refractivity contribution in [3.63, 3.8) is 0 Å². The van der Waals surface area contributed by atoms with Crippen molar-refractivity contribution in [1.29, 1.82) is 0 Å². The Balaban J connectivity index is 1.53. The zero-order valence-electron chi connectivity index (χ0n) is 14.2. The zero-order valence-corrected chi connectivity index (χ0v) is 15.0. The second kappa shape index (κ2) is 6.45. The van der Waals surface area contributed by atoms with Gasteiger partial charge >= 0.3 is 6.18 Å². The number of thioether (sulfide) groups is 1. The van der Waals surface area contributed by atoms with Gasteiger partial charge in [0.15, 0.2) is 0 Å². The molecule has 0 aliphatic carbocycles. The molecular weight excluding hydrogens is 335 g/mol. The number of benzene rings is 1. The SMILES string of the molecule is CC(C)(CN1CC2(CCSCC2)C1)Oc1ccc(C(F)(F)F)cc1. The maximum absolute atomic E-state index is 12.6. The van der Waals surface area contributed by atoms with Crippen LogP contribution in [-0.4, -0.2) is 41.6 Å². The van der Waals surface area contributed by atoms with Crippen molar-refractivity contribution in [2.24, 2.45) is 5.41 Å². The van der Waals surface area contributed by atoms with Crippen molar-refractivity contribution in [1.82, 2.24) is 4.90 Å². The van der Waals surface area contributed by atoms with Crippen molar-refractivity contribution >= 4 is 11.8 Å². The lowest BCUT2D eigenvalue weighted by molar-refractivity contribution is -0.137. The van der Waals surface area contributed by atoms with Crippen molar-refractivity contribution in [2.45, 2.75) is 38.5 Å². The molecule has 2 aliphatic heterocycles. The van der Waals surface area contributed by atoms with Crippen LogP contribution < -0.4 is 4.74 Å². The molecule has 1 aromatic carbocycles. The Morgan fingerprint density at radius 1 is 1.08 bits per heavy atom. The van der Waals surface area contributed by atoms with E-state index in [1.165, 1.54) is 36.5 Å². The van der Waals surface area contributed by atoms with Gasteiger partial charge in [-0.15, -0.1) is 0 Å². The van der Waals surface area contributed by atoms with Crippen LogP contribution in [0.1, 0.15) is 32.3 Å².